The number of carbonyl (C=O) groups is 1. The number of anilines is 1. The van der Waals surface area contributed by atoms with Crippen molar-refractivity contribution in [2.24, 2.45) is 0 Å². The second kappa shape index (κ2) is 7.78. The van der Waals surface area contributed by atoms with Gasteiger partial charge in [-0.1, -0.05) is 53.5 Å². The van der Waals surface area contributed by atoms with Crippen LogP contribution in [0.2, 0.25) is 10.0 Å². The third-order valence-corrected chi connectivity index (χ3v) is 4.54. The van der Waals surface area contributed by atoms with Gasteiger partial charge in [-0.2, -0.15) is 0 Å². The Morgan fingerprint density at radius 1 is 1.00 bits per heavy atom. The molecule has 0 radical (unpaired) electrons. The predicted molar refractivity (Wildman–Crippen MR) is 103 cm³/mol. The van der Waals surface area contributed by atoms with Gasteiger partial charge in [-0.15, -0.1) is 0 Å². The molecule has 2 aromatic carbocycles. The number of benzene rings is 2. The Bertz CT molecular complexity index is 900. The standard InChI is InChI=1S/C18H12Cl2N2O2S/c19-13-7-14(20)9-15(8-13)25-22-16-6-12(10-21-17(16)18(23)24)11-4-2-1-3-5-11/h1-10,22H,(H,23,24). The Labute approximate surface area is 159 Å². The lowest BCUT2D eigenvalue weighted by molar-refractivity contribution is 0.0692. The number of carboxylic acids is 1. The van der Waals surface area contributed by atoms with Crippen LogP contribution in [0, 0.1) is 0 Å². The highest BCUT2D eigenvalue weighted by Crippen LogP contribution is 2.30. The molecular formula is C18H12Cl2N2O2S. The summed E-state index contributed by atoms with van der Waals surface area (Å²) in [7, 11) is 0. The normalized spacial score (nSPS) is 10.5. The Morgan fingerprint density at radius 3 is 2.32 bits per heavy atom. The summed E-state index contributed by atoms with van der Waals surface area (Å²) in [5, 5.41) is 10.4. The zero-order chi connectivity index (χ0) is 17.8. The first-order chi connectivity index (χ1) is 12.0. The average Bonchev–Trinajstić information content (AvgIpc) is 2.59. The van der Waals surface area contributed by atoms with Gasteiger partial charge in [0.1, 0.15) is 0 Å². The lowest BCUT2D eigenvalue weighted by atomic mass is 10.1. The van der Waals surface area contributed by atoms with Gasteiger partial charge in [0.15, 0.2) is 5.69 Å². The molecule has 0 spiro atoms. The van der Waals surface area contributed by atoms with Gasteiger partial charge in [-0.05, 0) is 41.8 Å². The summed E-state index contributed by atoms with van der Waals surface area (Å²) < 4.78 is 3.03. The maximum Gasteiger partial charge on any atom is 0.356 e. The zero-order valence-electron chi connectivity index (χ0n) is 12.7. The van der Waals surface area contributed by atoms with Crippen LogP contribution < -0.4 is 4.72 Å². The summed E-state index contributed by atoms with van der Waals surface area (Å²) in [6, 6.07) is 16.5. The molecule has 3 aromatic rings. The summed E-state index contributed by atoms with van der Waals surface area (Å²) in [6.07, 6.45) is 1.55. The SMILES string of the molecule is O=C(O)c1ncc(-c2ccccc2)cc1NSc1cc(Cl)cc(Cl)c1. The van der Waals surface area contributed by atoms with Crippen molar-refractivity contribution in [3.05, 3.63) is 76.5 Å². The highest BCUT2D eigenvalue weighted by Gasteiger charge is 2.14. The van der Waals surface area contributed by atoms with Crippen LogP contribution in [0.25, 0.3) is 11.1 Å². The molecule has 0 atom stereocenters. The van der Waals surface area contributed by atoms with Crippen LogP contribution in [0.5, 0.6) is 0 Å². The number of carboxylic acid groups (broad SMARTS) is 1. The number of nitrogens with one attached hydrogen (secondary N) is 1. The van der Waals surface area contributed by atoms with Gasteiger partial charge in [0.05, 0.1) is 5.69 Å². The van der Waals surface area contributed by atoms with E-state index in [1.165, 1.54) is 11.9 Å². The second-order valence-corrected chi connectivity index (χ2v) is 6.85. The number of aromatic nitrogens is 1. The van der Waals surface area contributed by atoms with Crippen molar-refractivity contribution in [2.75, 3.05) is 4.72 Å². The van der Waals surface area contributed by atoms with E-state index in [-0.39, 0.29) is 5.69 Å². The third-order valence-electron chi connectivity index (χ3n) is 3.31. The van der Waals surface area contributed by atoms with E-state index in [1.807, 2.05) is 30.3 Å². The van der Waals surface area contributed by atoms with E-state index in [1.54, 1.807) is 30.5 Å². The molecule has 0 aliphatic carbocycles. The smallest absolute Gasteiger partial charge is 0.356 e. The Morgan fingerprint density at radius 2 is 1.68 bits per heavy atom. The molecule has 0 aliphatic rings. The van der Waals surface area contributed by atoms with E-state index in [0.29, 0.717) is 15.7 Å². The minimum atomic E-state index is -1.10. The van der Waals surface area contributed by atoms with Gasteiger partial charge in [-0.25, -0.2) is 9.78 Å². The molecular weight excluding hydrogens is 379 g/mol. The fraction of sp³-hybridized carbons (Fsp3) is 0. The molecule has 0 bridgehead atoms. The largest absolute Gasteiger partial charge is 0.476 e. The number of nitrogens with zero attached hydrogens (tertiary/aromatic N) is 1. The number of aromatic carboxylic acids is 1. The zero-order valence-corrected chi connectivity index (χ0v) is 15.1. The van der Waals surface area contributed by atoms with Crippen LogP contribution in [0.15, 0.2) is 65.7 Å². The van der Waals surface area contributed by atoms with Crippen molar-refractivity contribution >= 4 is 46.8 Å². The maximum absolute atomic E-state index is 11.4. The van der Waals surface area contributed by atoms with Crippen molar-refractivity contribution in [3.63, 3.8) is 0 Å². The minimum absolute atomic E-state index is 0.0553. The Balaban J connectivity index is 1.91. The van der Waals surface area contributed by atoms with Crippen LogP contribution in [0.3, 0.4) is 0 Å². The molecule has 0 unspecified atom stereocenters. The molecule has 0 saturated heterocycles. The van der Waals surface area contributed by atoms with Crippen LogP contribution in [0.1, 0.15) is 10.5 Å². The Kier molecular flexibility index (Phi) is 5.48. The van der Waals surface area contributed by atoms with Crippen molar-refractivity contribution in [2.45, 2.75) is 4.90 Å². The maximum atomic E-state index is 11.4. The second-order valence-electron chi connectivity index (χ2n) is 5.10. The van der Waals surface area contributed by atoms with Crippen LogP contribution in [-0.4, -0.2) is 16.1 Å². The number of hydrogen-bond donors (Lipinski definition) is 2. The molecule has 1 aromatic heterocycles. The number of halogens is 2. The van der Waals surface area contributed by atoms with E-state index in [9.17, 15) is 9.90 Å². The van der Waals surface area contributed by atoms with Gasteiger partial charge in [0.25, 0.3) is 0 Å². The molecule has 0 amide bonds. The van der Waals surface area contributed by atoms with E-state index in [4.69, 9.17) is 23.2 Å². The molecule has 126 valence electrons. The number of pyridine rings is 1. The number of hydrogen-bond acceptors (Lipinski definition) is 4. The summed E-state index contributed by atoms with van der Waals surface area (Å²) in [6.45, 7) is 0. The fourth-order valence-electron chi connectivity index (χ4n) is 2.20. The molecule has 3 rings (SSSR count). The molecule has 4 nitrogen and oxygen atoms in total. The van der Waals surface area contributed by atoms with Gasteiger partial charge < -0.3 is 9.83 Å². The average molecular weight is 391 g/mol. The van der Waals surface area contributed by atoms with Gasteiger partial charge in [0, 0.05) is 26.7 Å². The molecule has 7 heteroatoms. The van der Waals surface area contributed by atoms with E-state index >= 15 is 0 Å². The highest BCUT2D eigenvalue weighted by atomic mass is 35.5. The highest BCUT2D eigenvalue weighted by molar-refractivity contribution is 8.00. The first-order valence-corrected chi connectivity index (χ1v) is 8.78. The van der Waals surface area contributed by atoms with Crippen molar-refractivity contribution in [1.29, 1.82) is 0 Å². The molecule has 0 saturated carbocycles. The fourth-order valence-corrected chi connectivity index (χ4v) is 3.61. The van der Waals surface area contributed by atoms with Crippen LogP contribution in [0.4, 0.5) is 5.69 Å². The molecule has 0 aliphatic heterocycles. The lowest BCUT2D eigenvalue weighted by Gasteiger charge is -2.11. The third kappa shape index (κ3) is 4.45. The molecule has 0 fully saturated rings. The first kappa shape index (κ1) is 17.6. The summed E-state index contributed by atoms with van der Waals surface area (Å²) in [5.41, 5.74) is 2.11. The number of rotatable bonds is 5. The quantitative estimate of drug-likeness (QED) is 0.533. The van der Waals surface area contributed by atoms with E-state index in [2.05, 4.69) is 9.71 Å². The molecule has 2 N–H and O–H groups in total. The minimum Gasteiger partial charge on any atom is -0.476 e. The van der Waals surface area contributed by atoms with Crippen LogP contribution >= 0.6 is 35.1 Å². The summed E-state index contributed by atoms with van der Waals surface area (Å²) in [4.78, 5) is 16.3. The summed E-state index contributed by atoms with van der Waals surface area (Å²) in [5.74, 6) is -1.10. The Hall–Kier alpha value is -2.21. The van der Waals surface area contributed by atoms with Gasteiger partial charge in [0.2, 0.25) is 0 Å². The van der Waals surface area contributed by atoms with Crippen molar-refractivity contribution in [3.8, 4) is 11.1 Å². The van der Waals surface area contributed by atoms with Gasteiger partial charge >= 0.3 is 5.97 Å². The molecule has 25 heavy (non-hydrogen) atoms. The lowest BCUT2D eigenvalue weighted by Crippen LogP contribution is -2.05. The predicted octanol–water partition coefficient (Wildman–Crippen LogP) is 5.87. The monoisotopic (exact) mass is 390 g/mol. The van der Waals surface area contributed by atoms with Gasteiger partial charge in [-0.3, -0.25) is 0 Å². The van der Waals surface area contributed by atoms with E-state index in [0.717, 1.165) is 16.0 Å². The topological polar surface area (TPSA) is 62.2 Å². The van der Waals surface area contributed by atoms with E-state index < -0.39 is 5.97 Å². The molecule has 1 heterocycles. The van der Waals surface area contributed by atoms with Crippen LogP contribution in [-0.2, 0) is 0 Å². The first-order valence-electron chi connectivity index (χ1n) is 7.20. The van der Waals surface area contributed by atoms with Crippen molar-refractivity contribution < 1.29 is 9.90 Å². The summed E-state index contributed by atoms with van der Waals surface area (Å²) >= 11 is 13.2. The van der Waals surface area contributed by atoms with Crippen molar-refractivity contribution in [1.82, 2.24) is 4.98 Å².